The maximum atomic E-state index is 10.7. The molecule has 0 bridgehead atoms. The molecule has 0 amide bonds. The minimum atomic E-state index is -0.463. The number of nitro benzene ring substituents is 1. The predicted molar refractivity (Wildman–Crippen MR) is 87.5 cm³/mol. The van der Waals surface area contributed by atoms with Crippen molar-refractivity contribution in [1.29, 1.82) is 0 Å². The molecule has 2 aromatic carbocycles. The van der Waals surface area contributed by atoms with Crippen LogP contribution in [-0.4, -0.2) is 27.2 Å². The number of nitro groups is 1. The van der Waals surface area contributed by atoms with Gasteiger partial charge in [-0.2, -0.15) is 5.10 Å². The normalized spacial score (nSPS) is 11.9. The standard InChI is InChI=1S/C16H15N5O3/c1-24-13-8-4-10(5-9-13)14(17)16-18-15(19-20-16)11-2-6-12(7-3-11)21(22)23/h2-9,14H,17H2,1H3,(H,18,19,20)/t14-/m1/s1. The van der Waals surface area contributed by atoms with E-state index in [9.17, 15) is 10.1 Å². The molecule has 1 aromatic heterocycles. The first-order chi connectivity index (χ1) is 11.6. The van der Waals surface area contributed by atoms with E-state index in [1.807, 2.05) is 24.3 Å². The predicted octanol–water partition coefficient (Wildman–Crippen LogP) is 2.44. The van der Waals surface area contributed by atoms with E-state index in [1.54, 1.807) is 19.2 Å². The van der Waals surface area contributed by atoms with Gasteiger partial charge in [0.15, 0.2) is 5.82 Å². The molecule has 0 saturated carbocycles. The fourth-order valence-corrected chi connectivity index (χ4v) is 2.24. The number of benzene rings is 2. The summed E-state index contributed by atoms with van der Waals surface area (Å²) >= 11 is 0. The Morgan fingerprint density at radius 3 is 2.42 bits per heavy atom. The summed E-state index contributed by atoms with van der Waals surface area (Å²) in [7, 11) is 1.60. The van der Waals surface area contributed by atoms with Crippen LogP contribution in [0.15, 0.2) is 48.5 Å². The van der Waals surface area contributed by atoms with Crippen LogP contribution in [0.25, 0.3) is 11.4 Å². The summed E-state index contributed by atoms with van der Waals surface area (Å²) < 4.78 is 5.12. The van der Waals surface area contributed by atoms with Gasteiger partial charge >= 0.3 is 0 Å². The molecule has 1 atom stereocenters. The van der Waals surface area contributed by atoms with E-state index in [-0.39, 0.29) is 5.69 Å². The van der Waals surface area contributed by atoms with Crippen LogP contribution in [0.3, 0.4) is 0 Å². The number of hydrogen-bond donors (Lipinski definition) is 2. The summed E-state index contributed by atoms with van der Waals surface area (Å²) in [6.45, 7) is 0. The van der Waals surface area contributed by atoms with Crippen molar-refractivity contribution in [2.24, 2.45) is 5.73 Å². The highest BCUT2D eigenvalue weighted by Gasteiger charge is 2.15. The second-order valence-corrected chi connectivity index (χ2v) is 5.10. The van der Waals surface area contributed by atoms with Crippen molar-refractivity contribution in [2.75, 3.05) is 7.11 Å². The number of non-ortho nitro benzene ring substituents is 1. The van der Waals surface area contributed by atoms with Crippen molar-refractivity contribution in [3.05, 3.63) is 70.0 Å². The van der Waals surface area contributed by atoms with Crippen molar-refractivity contribution >= 4 is 5.69 Å². The molecular weight excluding hydrogens is 310 g/mol. The highest BCUT2D eigenvalue weighted by Crippen LogP contribution is 2.23. The lowest BCUT2D eigenvalue weighted by molar-refractivity contribution is -0.384. The van der Waals surface area contributed by atoms with Gasteiger partial charge in [-0.3, -0.25) is 15.2 Å². The van der Waals surface area contributed by atoms with Gasteiger partial charge in [-0.1, -0.05) is 12.1 Å². The lowest BCUT2D eigenvalue weighted by Gasteiger charge is -2.09. The van der Waals surface area contributed by atoms with E-state index in [1.165, 1.54) is 12.1 Å². The maximum Gasteiger partial charge on any atom is 0.269 e. The third kappa shape index (κ3) is 3.08. The van der Waals surface area contributed by atoms with E-state index in [0.29, 0.717) is 17.2 Å². The Labute approximate surface area is 137 Å². The Balaban J connectivity index is 1.82. The van der Waals surface area contributed by atoms with Gasteiger partial charge < -0.3 is 10.5 Å². The third-order valence-corrected chi connectivity index (χ3v) is 3.61. The van der Waals surface area contributed by atoms with Gasteiger partial charge in [-0.05, 0) is 29.8 Å². The number of H-pyrrole nitrogens is 1. The fraction of sp³-hybridized carbons (Fsp3) is 0.125. The average molecular weight is 325 g/mol. The molecule has 1 heterocycles. The van der Waals surface area contributed by atoms with Crippen molar-refractivity contribution in [1.82, 2.24) is 15.2 Å². The van der Waals surface area contributed by atoms with E-state index in [2.05, 4.69) is 15.2 Å². The lowest BCUT2D eigenvalue weighted by Crippen LogP contribution is -2.13. The molecule has 3 N–H and O–H groups in total. The molecule has 8 heteroatoms. The summed E-state index contributed by atoms with van der Waals surface area (Å²) in [5, 5.41) is 17.6. The van der Waals surface area contributed by atoms with Crippen LogP contribution in [-0.2, 0) is 0 Å². The first kappa shape index (κ1) is 15.6. The molecule has 0 spiro atoms. The summed E-state index contributed by atoms with van der Waals surface area (Å²) in [6, 6.07) is 12.9. The van der Waals surface area contributed by atoms with Gasteiger partial charge in [-0.25, -0.2) is 4.98 Å². The summed E-state index contributed by atoms with van der Waals surface area (Å²) in [4.78, 5) is 14.6. The number of aromatic nitrogens is 3. The van der Waals surface area contributed by atoms with E-state index in [4.69, 9.17) is 10.5 Å². The topological polar surface area (TPSA) is 120 Å². The largest absolute Gasteiger partial charge is 0.497 e. The number of rotatable bonds is 5. The lowest BCUT2D eigenvalue weighted by atomic mass is 10.1. The van der Waals surface area contributed by atoms with Gasteiger partial charge in [0.25, 0.3) is 5.69 Å². The Morgan fingerprint density at radius 1 is 1.17 bits per heavy atom. The van der Waals surface area contributed by atoms with Crippen molar-refractivity contribution < 1.29 is 9.66 Å². The van der Waals surface area contributed by atoms with Crippen LogP contribution in [0.2, 0.25) is 0 Å². The number of nitrogens with one attached hydrogen (secondary N) is 1. The quantitative estimate of drug-likeness (QED) is 0.549. The zero-order valence-corrected chi connectivity index (χ0v) is 12.8. The SMILES string of the molecule is COc1ccc([C@@H](N)c2nc(-c3ccc([N+](=O)[O-])cc3)n[nH]2)cc1. The molecular formula is C16H15N5O3. The van der Waals surface area contributed by atoms with Gasteiger partial charge in [0.1, 0.15) is 11.6 Å². The Morgan fingerprint density at radius 2 is 1.83 bits per heavy atom. The number of nitrogens with zero attached hydrogens (tertiary/aromatic N) is 3. The molecule has 0 aliphatic rings. The molecule has 24 heavy (non-hydrogen) atoms. The molecule has 0 aliphatic carbocycles. The molecule has 8 nitrogen and oxygen atoms in total. The Hall–Kier alpha value is -3.26. The highest BCUT2D eigenvalue weighted by atomic mass is 16.6. The molecule has 0 unspecified atom stereocenters. The first-order valence-corrected chi connectivity index (χ1v) is 7.15. The number of methoxy groups -OCH3 is 1. The highest BCUT2D eigenvalue weighted by molar-refractivity contribution is 5.57. The van der Waals surface area contributed by atoms with Crippen LogP contribution in [0.1, 0.15) is 17.4 Å². The number of hydrogen-bond acceptors (Lipinski definition) is 6. The number of aromatic amines is 1. The van der Waals surface area contributed by atoms with Crippen LogP contribution in [0.5, 0.6) is 5.75 Å². The minimum absolute atomic E-state index is 0.0180. The molecule has 0 saturated heterocycles. The van der Waals surface area contributed by atoms with Gasteiger partial charge in [-0.15, -0.1) is 0 Å². The summed E-state index contributed by atoms with van der Waals surface area (Å²) in [5.74, 6) is 1.69. The minimum Gasteiger partial charge on any atom is -0.497 e. The van der Waals surface area contributed by atoms with Crippen molar-refractivity contribution in [3.8, 4) is 17.1 Å². The summed E-state index contributed by atoms with van der Waals surface area (Å²) in [5.41, 5.74) is 7.75. The van der Waals surface area contributed by atoms with Crippen LogP contribution in [0, 0.1) is 10.1 Å². The summed E-state index contributed by atoms with van der Waals surface area (Å²) in [6.07, 6.45) is 0. The maximum absolute atomic E-state index is 10.7. The average Bonchev–Trinajstić information content (AvgIpc) is 3.11. The number of nitrogens with two attached hydrogens (primary N) is 1. The third-order valence-electron chi connectivity index (χ3n) is 3.61. The number of ether oxygens (including phenoxy) is 1. The molecule has 0 aliphatic heterocycles. The van der Waals surface area contributed by atoms with Crippen LogP contribution in [0.4, 0.5) is 5.69 Å². The fourth-order valence-electron chi connectivity index (χ4n) is 2.24. The Bertz CT molecular complexity index is 843. The van der Waals surface area contributed by atoms with Gasteiger partial charge in [0.2, 0.25) is 0 Å². The van der Waals surface area contributed by atoms with E-state index in [0.717, 1.165) is 11.3 Å². The van der Waals surface area contributed by atoms with Gasteiger partial charge in [0.05, 0.1) is 18.1 Å². The monoisotopic (exact) mass is 325 g/mol. The van der Waals surface area contributed by atoms with E-state index < -0.39 is 11.0 Å². The zero-order chi connectivity index (χ0) is 17.1. The molecule has 0 fully saturated rings. The molecule has 3 rings (SSSR count). The Kier molecular flexibility index (Phi) is 4.21. The van der Waals surface area contributed by atoms with Crippen molar-refractivity contribution in [3.63, 3.8) is 0 Å². The van der Waals surface area contributed by atoms with Crippen LogP contribution >= 0.6 is 0 Å². The zero-order valence-electron chi connectivity index (χ0n) is 12.8. The first-order valence-electron chi connectivity index (χ1n) is 7.15. The van der Waals surface area contributed by atoms with Crippen LogP contribution < -0.4 is 10.5 Å². The molecule has 0 radical (unpaired) electrons. The second-order valence-electron chi connectivity index (χ2n) is 5.10. The van der Waals surface area contributed by atoms with Gasteiger partial charge in [0, 0.05) is 17.7 Å². The van der Waals surface area contributed by atoms with E-state index >= 15 is 0 Å². The molecule has 3 aromatic rings. The second kappa shape index (κ2) is 6.47. The van der Waals surface area contributed by atoms with Crippen molar-refractivity contribution in [2.45, 2.75) is 6.04 Å². The smallest absolute Gasteiger partial charge is 0.269 e. The molecule has 122 valence electrons.